The van der Waals surface area contributed by atoms with Gasteiger partial charge in [0.15, 0.2) is 0 Å². The van der Waals surface area contributed by atoms with Gasteiger partial charge in [-0.15, -0.1) is 0 Å². The predicted octanol–water partition coefficient (Wildman–Crippen LogP) is 3.46. The smallest absolute Gasteiger partial charge is 0.243 e. The third kappa shape index (κ3) is 5.51. The molecule has 1 saturated heterocycles. The topological polar surface area (TPSA) is 86.9 Å². The molecule has 4 rings (SSSR count). The molecule has 0 atom stereocenters. The fourth-order valence-electron chi connectivity index (χ4n) is 4.51. The standard InChI is InChI=1S/C26H32N4O4/c1-29(16-25(31)28-19-5-4-6-20(13-19)33-2)26(32)17-30-11-9-18(10-12-30)23-15-27-24-8-7-21(34-3)14-22(23)24/h4-8,13-15,18,27H,9-12,16-17H2,1-3H3,(H,28,31). The number of carbonyl (C=O) groups excluding carboxylic acids is 2. The fraction of sp³-hybridized carbons (Fsp3) is 0.385. The summed E-state index contributed by atoms with van der Waals surface area (Å²) in [5, 5.41) is 4.02. The van der Waals surface area contributed by atoms with Crippen LogP contribution in [-0.2, 0) is 9.59 Å². The molecule has 0 unspecified atom stereocenters. The number of hydrogen-bond donors (Lipinski definition) is 2. The molecular formula is C26H32N4O4. The zero-order valence-corrected chi connectivity index (χ0v) is 20.0. The van der Waals surface area contributed by atoms with Gasteiger partial charge >= 0.3 is 0 Å². The molecule has 0 radical (unpaired) electrons. The third-order valence-corrected chi connectivity index (χ3v) is 6.47. The van der Waals surface area contributed by atoms with Crippen LogP contribution in [-0.4, -0.2) is 74.0 Å². The Hall–Kier alpha value is -3.52. The average Bonchev–Trinajstić information content (AvgIpc) is 3.27. The van der Waals surface area contributed by atoms with Gasteiger partial charge in [-0.05, 0) is 67.7 Å². The summed E-state index contributed by atoms with van der Waals surface area (Å²) in [6, 6.07) is 13.2. The summed E-state index contributed by atoms with van der Waals surface area (Å²) in [7, 11) is 4.93. The summed E-state index contributed by atoms with van der Waals surface area (Å²) in [5.41, 5.74) is 3.07. The molecule has 2 heterocycles. The number of aromatic amines is 1. The lowest BCUT2D eigenvalue weighted by Crippen LogP contribution is -2.44. The molecule has 0 aliphatic carbocycles. The highest BCUT2D eigenvalue weighted by atomic mass is 16.5. The first kappa shape index (κ1) is 23.6. The number of likely N-dealkylation sites (N-methyl/N-ethyl adjacent to an activating group) is 1. The number of ether oxygens (including phenoxy) is 2. The van der Waals surface area contributed by atoms with Crippen molar-refractivity contribution in [2.75, 3.05) is 52.8 Å². The molecule has 1 fully saturated rings. The SMILES string of the molecule is COc1cccc(NC(=O)CN(C)C(=O)CN2CCC(c3c[nH]c4ccc(OC)cc34)CC2)c1. The van der Waals surface area contributed by atoms with E-state index >= 15 is 0 Å². The summed E-state index contributed by atoms with van der Waals surface area (Å²) < 4.78 is 10.6. The van der Waals surface area contributed by atoms with E-state index in [9.17, 15) is 9.59 Å². The second-order valence-electron chi connectivity index (χ2n) is 8.74. The van der Waals surface area contributed by atoms with Crippen molar-refractivity contribution in [1.82, 2.24) is 14.8 Å². The molecule has 1 aliphatic rings. The Morgan fingerprint density at radius 2 is 1.82 bits per heavy atom. The molecule has 3 aromatic rings. The molecule has 2 aromatic carbocycles. The van der Waals surface area contributed by atoms with Crippen molar-refractivity contribution in [3.8, 4) is 11.5 Å². The van der Waals surface area contributed by atoms with Gasteiger partial charge in [0.1, 0.15) is 11.5 Å². The molecule has 34 heavy (non-hydrogen) atoms. The van der Waals surface area contributed by atoms with Crippen LogP contribution < -0.4 is 14.8 Å². The molecule has 1 aliphatic heterocycles. The van der Waals surface area contributed by atoms with Gasteiger partial charge < -0.3 is 24.7 Å². The van der Waals surface area contributed by atoms with Crippen molar-refractivity contribution in [1.29, 1.82) is 0 Å². The molecule has 0 bridgehead atoms. The Morgan fingerprint density at radius 1 is 1.09 bits per heavy atom. The van der Waals surface area contributed by atoms with Crippen molar-refractivity contribution in [3.63, 3.8) is 0 Å². The number of fused-ring (bicyclic) bond motifs is 1. The van der Waals surface area contributed by atoms with E-state index in [1.807, 2.05) is 18.2 Å². The van der Waals surface area contributed by atoms with Gasteiger partial charge in [0, 0.05) is 35.9 Å². The first-order chi connectivity index (χ1) is 16.5. The Kier molecular flexibility index (Phi) is 7.37. The maximum Gasteiger partial charge on any atom is 0.243 e. The second-order valence-corrected chi connectivity index (χ2v) is 8.74. The van der Waals surface area contributed by atoms with Crippen LogP contribution in [0.15, 0.2) is 48.7 Å². The lowest BCUT2D eigenvalue weighted by atomic mass is 9.89. The second kappa shape index (κ2) is 10.6. The molecule has 0 saturated carbocycles. The van der Waals surface area contributed by atoms with Crippen LogP contribution in [0.25, 0.3) is 10.9 Å². The van der Waals surface area contributed by atoms with E-state index < -0.39 is 0 Å². The van der Waals surface area contributed by atoms with Crippen LogP contribution in [0.3, 0.4) is 0 Å². The summed E-state index contributed by atoms with van der Waals surface area (Å²) in [6.45, 7) is 2.01. The summed E-state index contributed by atoms with van der Waals surface area (Å²) in [5.74, 6) is 1.67. The number of piperidine rings is 1. The zero-order chi connectivity index (χ0) is 24.1. The predicted molar refractivity (Wildman–Crippen MR) is 133 cm³/mol. The summed E-state index contributed by atoms with van der Waals surface area (Å²) in [4.78, 5) is 32.1. The minimum Gasteiger partial charge on any atom is -0.497 e. The normalized spacial score (nSPS) is 14.7. The molecular weight excluding hydrogens is 432 g/mol. The number of anilines is 1. The molecule has 1 aromatic heterocycles. The van der Waals surface area contributed by atoms with Gasteiger partial charge in [-0.1, -0.05) is 6.07 Å². The number of nitrogens with one attached hydrogen (secondary N) is 2. The van der Waals surface area contributed by atoms with E-state index in [2.05, 4.69) is 27.5 Å². The van der Waals surface area contributed by atoms with E-state index in [1.165, 1.54) is 15.8 Å². The number of amides is 2. The first-order valence-corrected chi connectivity index (χ1v) is 11.5. The third-order valence-electron chi connectivity index (χ3n) is 6.47. The maximum atomic E-state index is 12.7. The van der Waals surface area contributed by atoms with Crippen molar-refractivity contribution in [2.24, 2.45) is 0 Å². The number of methoxy groups -OCH3 is 2. The Morgan fingerprint density at radius 3 is 2.56 bits per heavy atom. The van der Waals surface area contributed by atoms with Crippen LogP contribution >= 0.6 is 0 Å². The quantitative estimate of drug-likeness (QED) is 0.533. The van der Waals surface area contributed by atoms with E-state index in [0.29, 0.717) is 23.9 Å². The number of H-pyrrole nitrogens is 1. The minimum absolute atomic E-state index is 0.00365. The lowest BCUT2D eigenvalue weighted by molar-refractivity contribution is -0.134. The zero-order valence-electron chi connectivity index (χ0n) is 20.0. The number of likely N-dealkylation sites (tertiary alicyclic amines) is 1. The van der Waals surface area contributed by atoms with Crippen molar-refractivity contribution in [2.45, 2.75) is 18.8 Å². The molecule has 0 spiro atoms. The van der Waals surface area contributed by atoms with Gasteiger partial charge in [-0.3, -0.25) is 14.5 Å². The van der Waals surface area contributed by atoms with Gasteiger partial charge in [-0.25, -0.2) is 0 Å². The summed E-state index contributed by atoms with van der Waals surface area (Å²) in [6.07, 6.45) is 4.07. The van der Waals surface area contributed by atoms with Crippen molar-refractivity contribution in [3.05, 3.63) is 54.2 Å². The minimum atomic E-state index is -0.238. The average molecular weight is 465 g/mol. The number of carbonyl (C=O) groups is 2. The van der Waals surface area contributed by atoms with Gasteiger partial charge in [0.05, 0.1) is 27.3 Å². The van der Waals surface area contributed by atoms with Crippen LogP contribution in [0.5, 0.6) is 11.5 Å². The van der Waals surface area contributed by atoms with Crippen LogP contribution in [0.4, 0.5) is 5.69 Å². The number of nitrogens with zero attached hydrogens (tertiary/aromatic N) is 2. The van der Waals surface area contributed by atoms with Gasteiger partial charge in [-0.2, -0.15) is 0 Å². The monoisotopic (exact) mass is 464 g/mol. The van der Waals surface area contributed by atoms with E-state index in [4.69, 9.17) is 9.47 Å². The van der Waals surface area contributed by atoms with E-state index in [-0.39, 0.29) is 18.4 Å². The fourth-order valence-corrected chi connectivity index (χ4v) is 4.51. The van der Waals surface area contributed by atoms with E-state index in [0.717, 1.165) is 37.2 Å². The summed E-state index contributed by atoms with van der Waals surface area (Å²) >= 11 is 0. The first-order valence-electron chi connectivity index (χ1n) is 11.5. The highest BCUT2D eigenvalue weighted by molar-refractivity contribution is 5.94. The van der Waals surface area contributed by atoms with Crippen LogP contribution in [0.2, 0.25) is 0 Å². The molecule has 2 N–H and O–H groups in total. The molecule has 8 nitrogen and oxygen atoms in total. The van der Waals surface area contributed by atoms with Gasteiger partial charge in [0.2, 0.25) is 11.8 Å². The highest BCUT2D eigenvalue weighted by Crippen LogP contribution is 2.34. The largest absolute Gasteiger partial charge is 0.497 e. The van der Waals surface area contributed by atoms with Crippen LogP contribution in [0, 0.1) is 0 Å². The number of rotatable bonds is 8. The highest BCUT2D eigenvalue weighted by Gasteiger charge is 2.25. The molecule has 2 amide bonds. The Labute approximate surface area is 199 Å². The van der Waals surface area contributed by atoms with Crippen molar-refractivity contribution >= 4 is 28.4 Å². The molecule has 8 heteroatoms. The Bertz CT molecular complexity index is 1150. The Balaban J connectivity index is 1.26. The van der Waals surface area contributed by atoms with Crippen molar-refractivity contribution < 1.29 is 19.1 Å². The van der Waals surface area contributed by atoms with Gasteiger partial charge in [0.25, 0.3) is 0 Å². The van der Waals surface area contributed by atoms with E-state index in [1.54, 1.807) is 39.5 Å². The number of benzene rings is 2. The van der Waals surface area contributed by atoms with Crippen LogP contribution in [0.1, 0.15) is 24.3 Å². The lowest BCUT2D eigenvalue weighted by Gasteiger charge is -2.32. The maximum absolute atomic E-state index is 12.7. The number of hydrogen-bond acceptors (Lipinski definition) is 5. The number of aromatic nitrogens is 1. The molecule has 180 valence electrons.